The molecule has 1 amide bonds. The third-order valence-corrected chi connectivity index (χ3v) is 6.48. The summed E-state index contributed by atoms with van der Waals surface area (Å²) in [5.74, 6) is 1.81. The molecule has 1 aliphatic carbocycles. The molecule has 1 fully saturated rings. The first kappa shape index (κ1) is 22.8. The molecule has 1 aliphatic rings. The van der Waals surface area contributed by atoms with Crippen LogP contribution in [-0.2, 0) is 16.2 Å². The SMILES string of the molecule is C#CCNS(=O)(=O)c1ccc(C(=O)N(C2CC2)C(C)c2cccc(C(F)(F)F)c2)cc1. The Morgan fingerprint density at radius 1 is 1.23 bits per heavy atom. The van der Waals surface area contributed by atoms with Gasteiger partial charge in [0, 0.05) is 11.6 Å². The van der Waals surface area contributed by atoms with E-state index in [9.17, 15) is 26.4 Å². The van der Waals surface area contributed by atoms with Crippen LogP contribution >= 0.6 is 0 Å². The maximum absolute atomic E-state index is 13.2. The quantitative estimate of drug-likeness (QED) is 0.649. The van der Waals surface area contributed by atoms with Crippen molar-refractivity contribution >= 4 is 15.9 Å². The minimum Gasteiger partial charge on any atom is -0.329 e. The van der Waals surface area contributed by atoms with Gasteiger partial charge in [-0.3, -0.25) is 4.79 Å². The molecule has 0 aliphatic heterocycles. The van der Waals surface area contributed by atoms with Gasteiger partial charge in [0.25, 0.3) is 5.91 Å². The van der Waals surface area contributed by atoms with Crippen molar-refractivity contribution in [1.29, 1.82) is 0 Å². The number of nitrogens with one attached hydrogen (secondary N) is 1. The van der Waals surface area contributed by atoms with Crippen molar-refractivity contribution in [2.24, 2.45) is 0 Å². The van der Waals surface area contributed by atoms with Gasteiger partial charge < -0.3 is 4.90 Å². The van der Waals surface area contributed by atoms with Crippen LogP contribution in [0.25, 0.3) is 0 Å². The molecule has 3 rings (SSSR count). The van der Waals surface area contributed by atoms with Crippen molar-refractivity contribution in [3.63, 3.8) is 0 Å². The highest BCUT2D eigenvalue weighted by Crippen LogP contribution is 2.37. The summed E-state index contributed by atoms with van der Waals surface area (Å²) < 4.78 is 65.8. The van der Waals surface area contributed by atoms with Gasteiger partial charge in [0.1, 0.15) is 0 Å². The van der Waals surface area contributed by atoms with E-state index < -0.39 is 27.8 Å². The number of halogens is 3. The number of hydrogen-bond donors (Lipinski definition) is 1. The summed E-state index contributed by atoms with van der Waals surface area (Å²) >= 11 is 0. The van der Waals surface area contributed by atoms with Crippen molar-refractivity contribution in [2.75, 3.05) is 6.54 Å². The zero-order valence-electron chi connectivity index (χ0n) is 16.7. The largest absolute Gasteiger partial charge is 0.416 e. The number of alkyl halides is 3. The zero-order valence-corrected chi connectivity index (χ0v) is 17.5. The molecule has 0 aromatic heterocycles. The molecule has 31 heavy (non-hydrogen) atoms. The van der Waals surface area contributed by atoms with E-state index in [-0.39, 0.29) is 29.0 Å². The van der Waals surface area contributed by atoms with Crippen LogP contribution in [0.4, 0.5) is 13.2 Å². The molecule has 2 aromatic carbocycles. The number of sulfonamides is 1. The van der Waals surface area contributed by atoms with E-state index in [4.69, 9.17) is 6.42 Å². The van der Waals surface area contributed by atoms with Gasteiger partial charge in [0.2, 0.25) is 10.0 Å². The van der Waals surface area contributed by atoms with Gasteiger partial charge in [-0.2, -0.15) is 17.9 Å². The van der Waals surface area contributed by atoms with Crippen molar-refractivity contribution in [3.8, 4) is 12.3 Å². The molecular weight excluding hydrogens is 429 g/mol. The monoisotopic (exact) mass is 450 g/mol. The highest BCUT2D eigenvalue weighted by atomic mass is 32.2. The van der Waals surface area contributed by atoms with Gasteiger partial charge >= 0.3 is 6.18 Å². The van der Waals surface area contributed by atoms with Crippen LogP contribution in [0.1, 0.15) is 47.3 Å². The molecule has 0 bridgehead atoms. The Kier molecular flexibility index (Phi) is 6.43. The van der Waals surface area contributed by atoms with E-state index in [0.717, 1.165) is 25.0 Å². The summed E-state index contributed by atoms with van der Waals surface area (Å²) in [7, 11) is -3.79. The summed E-state index contributed by atoms with van der Waals surface area (Å²) in [6.07, 6.45) is 2.11. The van der Waals surface area contributed by atoms with Crippen LogP contribution in [0, 0.1) is 12.3 Å². The first-order valence-corrected chi connectivity index (χ1v) is 11.1. The first-order chi connectivity index (χ1) is 14.5. The molecule has 0 spiro atoms. The average molecular weight is 450 g/mol. The van der Waals surface area contributed by atoms with Crippen LogP contribution < -0.4 is 4.72 Å². The van der Waals surface area contributed by atoms with Crippen LogP contribution in [0.3, 0.4) is 0 Å². The molecule has 1 N–H and O–H groups in total. The predicted molar refractivity (Wildman–Crippen MR) is 110 cm³/mol. The summed E-state index contributed by atoms with van der Waals surface area (Å²) in [6, 6.07) is 9.66. The fourth-order valence-electron chi connectivity index (χ4n) is 3.29. The normalized spacial score (nSPS) is 15.2. The van der Waals surface area contributed by atoms with Crippen LogP contribution in [0.2, 0.25) is 0 Å². The van der Waals surface area contributed by atoms with E-state index in [1.807, 2.05) is 0 Å². The summed E-state index contributed by atoms with van der Waals surface area (Å²) in [6.45, 7) is 1.53. The summed E-state index contributed by atoms with van der Waals surface area (Å²) in [4.78, 5) is 14.7. The Labute approximate surface area is 179 Å². The predicted octanol–water partition coefficient (Wildman–Crippen LogP) is 3.98. The lowest BCUT2D eigenvalue weighted by atomic mass is 10.0. The number of terminal acetylenes is 1. The Morgan fingerprint density at radius 3 is 2.42 bits per heavy atom. The fraction of sp³-hybridized carbons (Fsp3) is 0.318. The van der Waals surface area contributed by atoms with Gasteiger partial charge in [0.05, 0.1) is 23.0 Å². The summed E-state index contributed by atoms with van der Waals surface area (Å²) in [5.41, 5.74) is -0.136. The van der Waals surface area contributed by atoms with Crippen molar-refractivity contribution in [1.82, 2.24) is 9.62 Å². The number of nitrogens with zero attached hydrogens (tertiary/aromatic N) is 1. The maximum Gasteiger partial charge on any atom is 0.416 e. The zero-order chi connectivity index (χ0) is 22.8. The second kappa shape index (κ2) is 8.73. The third-order valence-electron chi connectivity index (χ3n) is 5.06. The van der Waals surface area contributed by atoms with E-state index in [1.165, 1.54) is 30.3 Å². The Morgan fingerprint density at radius 2 is 1.87 bits per heavy atom. The van der Waals surface area contributed by atoms with Crippen molar-refractivity contribution < 1.29 is 26.4 Å². The number of carbonyl (C=O) groups excluding carboxylic acids is 1. The number of hydrogen-bond acceptors (Lipinski definition) is 3. The van der Waals surface area contributed by atoms with Crippen LogP contribution in [0.15, 0.2) is 53.4 Å². The van der Waals surface area contributed by atoms with Crippen LogP contribution in [0.5, 0.6) is 0 Å². The molecule has 0 radical (unpaired) electrons. The topological polar surface area (TPSA) is 66.5 Å². The third kappa shape index (κ3) is 5.27. The van der Waals surface area contributed by atoms with Crippen LogP contribution in [-0.4, -0.2) is 31.8 Å². The van der Waals surface area contributed by atoms with Gasteiger partial charge in [-0.25, -0.2) is 8.42 Å². The Hall–Kier alpha value is -2.83. The van der Waals surface area contributed by atoms with Gasteiger partial charge in [0.15, 0.2) is 0 Å². The second-order valence-electron chi connectivity index (χ2n) is 7.30. The number of amides is 1. The molecule has 0 saturated heterocycles. The highest BCUT2D eigenvalue weighted by molar-refractivity contribution is 7.89. The Bertz CT molecular complexity index is 1100. The van der Waals surface area contributed by atoms with Crippen molar-refractivity contribution in [3.05, 3.63) is 65.2 Å². The van der Waals surface area contributed by atoms with E-state index in [0.29, 0.717) is 5.56 Å². The number of benzene rings is 2. The van der Waals surface area contributed by atoms with E-state index in [2.05, 4.69) is 10.6 Å². The van der Waals surface area contributed by atoms with Gasteiger partial charge in [-0.15, -0.1) is 6.42 Å². The average Bonchev–Trinajstić information content (AvgIpc) is 3.57. The lowest BCUT2D eigenvalue weighted by molar-refractivity contribution is -0.137. The molecular formula is C22H21F3N2O3S. The highest BCUT2D eigenvalue weighted by Gasteiger charge is 2.38. The fourth-order valence-corrected chi connectivity index (χ4v) is 4.23. The molecule has 2 aromatic rings. The maximum atomic E-state index is 13.2. The summed E-state index contributed by atoms with van der Waals surface area (Å²) in [5, 5.41) is 0. The minimum absolute atomic E-state index is 0.0387. The molecule has 9 heteroatoms. The second-order valence-corrected chi connectivity index (χ2v) is 9.06. The lowest BCUT2D eigenvalue weighted by Crippen LogP contribution is -2.35. The van der Waals surface area contributed by atoms with E-state index >= 15 is 0 Å². The first-order valence-electron chi connectivity index (χ1n) is 9.57. The van der Waals surface area contributed by atoms with Gasteiger partial charge in [-0.1, -0.05) is 18.1 Å². The smallest absolute Gasteiger partial charge is 0.329 e. The molecule has 1 unspecified atom stereocenters. The standard InChI is InChI=1S/C22H21F3N2O3S/c1-3-13-26-31(29,30)20-11-7-16(8-12-20)21(28)27(19-9-10-19)15(2)17-5-4-6-18(14-17)22(23,24)25/h1,4-8,11-12,14-15,19,26H,9-10,13H2,2H3. The van der Waals surface area contributed by atoms with E-state index in [1.54, 1.807) is 17.9 Å². The van der Waals surface area contributed by atoms with Crippen molar-refractivity contribution in [2.45, 2.75) is 42.9 Å². The molecule has 164 valence electrons. The Balaban J connectivity index is 1.86. The van der Waals surface area contributed by atoms with Gasteiger partial charge in [-0.05, 0) is 61.7 Å². The molecule has 1 saturated carbocycles. The minimum atomic E-state index is -4.47. The lowest BCUT2D eigenvalue weighted by Gasteiger charge is -2.30. The molecule has 5 nitrogen and oxygen atoms in total. The molecule has 0 heterocycles. The molecule has 1 atom stereocenters. The number of rotatable bonds is 7. The number of carbonyl (C=O) groups is 1.